The van der Waals surface area contributed by atoms with Gasteiger partial charge in [0.1, 0.15) is 23.6 Å². The normalized spacial score (nSPS) is 15.4. The highest BCUT2D eigenvalue weighted by molar-refractivity contribution is 7.88. The van der Waals surface area contributed by atoms with E-state index in [4.69, 9.17) is 15.6 Å². The predicted octanol–water partition coefficient (Wildman–Crippen LogP) is 3.72. The van der Waals surface area contributed by atoms with E-state index in [0.29, 0.717) is 43.6 Å². The van der Waals surface area contributed by atoms with Crippen molar-refractivity contribution >= 4 is 50.1 Å². The molecule has 1 fully saturated rings. The second-order valence-corrected chi connectivity index (χ2v) is 10.7. The van der Waals surface area contributed by atoms with Crippen molar-refractivity contribution in [3.63, 3.8) is 0 Å². The smallest absolute Gasteiger partial charge is 0.211 e. The molecule has 1 aliphatic heterocycles. The number of benzene rings is 2. The molecular formula is C24H29ClN6O3S. The van der Waals surface area contributed by atoms with Crippen molar-refractivity contribution in [2.75, 3.05) is 31.7 Å². The lowest BCUT2D eigenvalue weighted by molar-refractivity contribution is 0.250. The molecule has 4 aromatic rings. The quantitative estimate of drug-likeness (QED) is 0.415. The van der Waals surface area contributed by atoms with Crippen molar-refractivity contribution in [1.29, 1.82) is 0 Å². The van der Waals surface area contributed by atoms with Gasteiger partial charge in [0.05, 0.1) is 18.2 Å². The number of sulfonamides is 1. The molecule has 186 valence electrons. The van der Waals surface area contributed by atoms with Crippen molar-refractivity contribution in [2.24, 2.45) is 5.92 Å². The minimum Gasteiger partial charge on any atom is -0.494 e. The van der Waals surface area contributed by atoms with Gasteiger partial charge in [-0.3, -0.25) is 0 Å². The van der Waals surface area contributed by atoms with Gasteiger partial charge >= 0.3 is 0 Å². The van der Waals surface area contributed by atoms with Crippen LogP contribution in [0.1, 0.15) is 19.8 Å². The van der Waals surface area contributed by atoms with Crippen LogP contribution in [0.25, 0.3) is 33.1 Å². The molecule has 1 saturated heterocycles. The minimum atomic E-state index is -3.15. The number of fused-ring (bicyclic) bond motifs is 2. The Kier molecular flexibility index (Phi) is 7.16. The summed E-state index contributed by atoms with van der Waals surface area (Å²) in [5, 5.41) is 7.81. The summed E-state index contributed by atoms with van der Waals surface area (Å²) >= 11 is 0. The second kappa shape index (κ2) is 9.96. The lowest BCUT2D eigenvalue weighted by Crippen LogP contribution is -2.38. The fourth-order valence-corrected chi connectivity index (χ4v) is 5.53. The van der Waals surface area contributed by atoms with Crippen molar-refractivity contribution in [1.82, 2.24) is 24.1 Å². The zero-order valence-corrected chi connectivity index (χ0v) is 21.3. The molecule has 0 saturated carbocycles. The summed E-state index contributed by atoms with van der Waals surface area (Å²) in [6.07, 6.45) is 4.29. The van der Waals surface area contributed by atoms with Crippen LogP contribution in [0.5, 0.6) is 5.75 Å². The van der Waals surface area contributed by atoms with E-state index < -0.39 is 10.0 Å². The van der Waals surface area contributed by atoms with Crippen LogP contribution in [0.3, 0.4) is 0 Å². The Morgan fingerprint density at radius 2 is 1.80 bits per heavy atom. The van der Waals surface area contributed by atoms with E-state index in [-0.39, 0.29) is 12.4 Å². The Morgan fingerprint density at radius 1 is 1.09 bits per heavy atom. The molecule has 2 aromatic carbocycles. The average molecular weight is 517 g/mol. The average Bonchev–Trinajstić information content (AvgIpc) is 3.18. The number of ether oxygens (including phenoxy) is 1. The first-order valence-electron chi connectivity index (χ1n) is 11.4. The highest BCUT2D eigenvalue weighted by Gasteiger charge is 2.26. The molecule has 0 radical (unpaired) electrons. The molecule has 2 aromatic heterocycles. The zero-order valence-electron chi connectivity index (χ0n) is 19.7. The summed E-state index contributed by atoms with van der Waals surface area (Å²) in [6.45, 7) is 4.30. The lowest BCUT2D eigenvalue weighted by atomic mass is 9.98. The Bertz CT molecular complexity index is 1470. The summed E-state index contributed by atoms with van der Waals surface area (Å²) in [5.41, 5.74) is 8.66. The third-order valence-electron chi connectivity index (χ3n) is 6.43. The van der Waals surface area contributed by atoms with Gasteiger partial charge in [-0.2, -0.15) is 5.10 Å². The molecule has 5 rings (SSSR count). The Labute approximate surface area is 210 Å². The van der Waals surface area contributed by atoms with Gasteiger partial charge in [0.15, 0.2) is 5.65 Å². The monoisotopic (exact) mass is 516 g/mol. The van der Waals surface area contributed by atoms with Crippen molar-refractivity contribution in [3.8, 4) is 17.0 Å². The highest BCUT2D eigenvalue weighted by atomic mass is 35.5. The molecule has 35 heavy (non-hydrogen) atoms. The van der Waals surface area contributed by atoms with Gasteiger partial charge in [-0.1, -0.05) is 18.2 Å². The lowest BCUT2D eigenvalue weighted by Gasteiger charge is -2.30. The van der Waals surface area contributed by atoms with Gasteiger partial charge in [-0.25, -0.2) is 27.4 Å². The first-order chi connectivity index (χ1) is 16.3. The molecule has 3 heterocycles. The van der Waals surface area contributed by atoms with Crippen LogP contribution < -0.4 is 10.5 Å². The summed E-state index contributed by atoms with van der Waals surface area (Å²) in [5.74, 6) is 1.54. The van der Waals surface area contributed by atoms with Crippen LogP contribution in [-0.4, -0.2) is 58.4 Å². The molecule has 11 heteroatoms. The van der Waals surface area contributed by atoms with Gasteiger partial charge in [0.2, 0.25) is 10.0 Å². The molecule has 2 N–H and O–H groups in total. The van der Waals surface area contributed by atoms with Gasteiger partial charge in [0.25, 0.3) is 0 Å². The molecule has 1 aliphatic rings. The second-order valence-electron chi connectivity index (χ2n) is 8.75. The van der Waals surface area contributed by atoms with Crippen molar-refractivity contribution in [3.05, 3.63) is 42.7 Å². The standard InChI is InChI=1S/C24H28N6O3S.ClH/c1-3-33-20-7-6-17-12-19(5-4-18(17)13-20)22-21-23(25)26-15-27-24(21)30(28-22)14-16-8-10-29(11-9-16)34(2,31)32;/h4-7,12-13,15-16H,3,8-11,14H2,1-2H3,(H2,25,26,27);1H. The van der Waals surface area contributed by atoms with Gasteiger partial charge in [0, 0.05) is 25.2 Å². The van der Waals surface area contributed by atoms with Crippen LogP contribution in [-0.2, 0) is 16.6 Å². The number of piperidine rings is 1. The molecule has 0 atom stereocenters. The third-order valence-corrected chi connectivity index (χ3v) is 7.73. The maximum absolute atomic E-state index is 11.8. The van der Waals surface area contributed by atoms with Gasteiger partial charge in [-0.05, 0) is 54.7 Å². The third kappa shape index (κ3) is 5.05. The summed E-state index contributed by atoms with van der Waals surface area (Å²) in [4.78, 5) is 8.70. The van der Waals surface area contributed by atoms with E-state index in [1.165, 1.54) is 12.6 Å². The van der Waals surface area contributed by atoms with Gasteiger partial charge in [-0.15, -0.1) is 12.4 Å². The predicted molar refractivity (Wildman–Crippen MR) is 140 cm³/mol. The number of aromatic nitrogens is 4. The molecule has 0 unspecified atom stereocenters. The molecule has 9 nitrogen and oxygen atoms in total. The van der Waals surface area contributed by atoms with E-state index in [1.54, 1.807) is 4.31 Å². The zero-order chi connectivity index (χ0) is 23.9. The number of hydrogen-bond donors (Lipinski definition) is 1. The summed E-state index contributed by atoms with van der Waals surface area (Å²) in [7, 11) is -3.15. The van der Waals surface area contributed by atoms with E-state index in [1.807, 2.05) is 35.9 Å². The number of nitrogens with two attached hydrogens (primary N) is 1. The Balaban J connectivity index is 0.00000289. The van der Waals surface area contributed by atoms with Gasteiger partial charge < -0.3 is 10.5 Å². The fourth-order valence-electron chi connectivity index (χ4n) is 4.66. The number of halogens is 1. The Hall–Kier alpha value is -2.95. The van der Waals surface area contributed by atoms with E-state index >= 15 is 0 Å². The number of nitrogens with zero attached hydrogens (tertiary/aromatic N) is 5. The van der Waals surface area contributed by atoms with Crippen LogP contribution in [0, 0.1) is 5.92 Å². The summed E-state index contributed by atoms with van der Waals surface area (Å²) in [6, 6.07) is 12.2. The fraction of sp³-hybridized carbons (Fsp3) is 0.375. The first kappa shape index (κ1) is 25.2. The summed E-state index contributed by atoms with van der Waals surface area (Å²) < 4.78 is 32.7. The molecule has 0 aliphatic carbocycles. The van der Waals surface area contributed by atoms with E-state index in [2.05, 4.69) is 22.1 Å². The van der Waals surface area contributed by atoms with E-state index in [9.17, 15) is 8.42 Å². The SMILES string of the molecule is CCOc1ccc2cc(-c3nn(CC4CCN(S(C)(=O)=O)CC4)c4ncnc(N)c34)ccc2c1.Cl. The minimum absolute atomic E-state index is 0. The van der Waals surface area contributed by atoms with Crippen LogP contribution in [0.2, 0.25) is 0 Å². The van der Waals surface area contributed by atoms with Crippen molar-refractivity contribution < 1.29 is 13.2 Å². The van der Waals surface area contributed by atoms with Crippen molar-refractivity contribution in [2.45, 2.75) is 26.3 Å². The molecular weight excluding hydrogens is 488 g/mol. The maximum Gasteiger partial charge on any atom is 0.211 e. The maximum atomic E-state index is 11.8. The molecule has 0 spiro atoms. The highest BCUT2D eigenvalue weighted by Crippen LogP contribution is 2.33. The van der Waals surface area contributed by atoms with Crippen LogP contribution in [0.15, 0.2) is 42.7 Å². The topological polar surface area (TPSA) is 116 Å². The van der Waals surface area contributed by atoms with E-state index in [0.717, 1.165) is 46.0 Å². The Morgan fingerprint density at radius 3 is 2.51 bits per heavy atom. The molecule has 0 amide bonds. The largest absolute Gasteiger partial charge is 0.494 e. The number of hydrogen-bond acceptors (Lipinski definition) is 7. The molecule has 0 bridgehead atoms. The van der Waals surface area contributed by atoms with Crippen LogP contribution in [0.4, 0.5) is 5.82 Å². The number of anilines is 1. The first-order valence-corrected chi connectivity index (χ1v) is 13.3. The number of rotatable bonds is 6. The van der Waals surface area contributed by atoms with Crippen LogP contribution >= 0.6 is 12.4 Å². The number of nitrogen functional groups attached to an aromatic ring is 1.